The van der Waals surface area contributed by atoms with E-state index in [4.69, 9.17) is 9.72 Å². The third kappa shape index (κ3) is 5.62. The summed E-state index contributed by atoms with van der Waals surface area (Å²) in [6.07, 6.45) is 2.40. The minimum Gasteiger partial charge on any atom is -0.378 e. The molecule has 12 nitrogen and oxygen atoms in total. The Hall–Kier alpha value is -2.82. The second-order valence-corrected chi connectivity index (χ2v) is 16.0. The summed E-state index contributed by atoms with van der Waals surface area (Å²) in [4.78, 5) is 13.0. The number of aromatic nitrogens is 4. The number of nitrogens with zero attached hydrogens (tertiary/aromatic N) is 4. The summed E-state index contributed by atoms with van der Waals surface area (Å²) in [5.41, 5.74) is 4.72. The first kappa shape index (κ1) is 30.2. The molecule has 0 bridgehead atoms. The first-order chi connectivity index (χ1) is 20.5. The van der Waals surface area contributed by atoms with Crippen molar-refractivity contribution in [1.29, 1.82) is 0 Å². The molecular weight excluding hydrogens is 658 g/mol. The molecular formula is C28H34BrN7O5S2. The maximum absolute atomic E-state index is 13.0. The van der Waals surface area contributed by atoms with Gasteiger partial charge in [-0.1, -0.05) is 0 Å². The van der Waals surface area contributed by atoms with Gasteiger partial charge in [-0.15, -0.1) is 0 Å². The van der Waals surface area contributed by atoms with Crippen molar-refractivity contribution >= 4 is 52.6 Å². The maximum atomic E-state index is 13.0. The van der Waals surface area contributed by atoms with E-state index in [9.17, 15) is 16.8 Å². The van der Waals surface area contributed by atoms with Crippen LogP contribution in [0.1, 0.15) is 24.7 Å². The molecule has 0 aliphatic carbocycles. The SMILES string of the molecule is CCS(=O)(=O)N1CC[C@H](Nc2c(Br)cnc3[nH]c(-c4cc(C)n(-c5ccc(S(=O)(=O)C6CNCCO6)cc5)c4C)nc23)C1. The smallest absolute Gasteiger partial charge is 0.213 e. The van der Waals surface area contributed by atoms with Crippen molar-refractivity contribution in [3.8, 4) is 17.1 Å². The van der Waals surface area contributed by atoms with E-state index in [1.54, 1.807) is 37.4 Å². The number of sulfonamides is 1. The molecule has 2 saturated heterocycles. The number of aryl methyl sites for hydroxylation is 1. The number of sulfone groups is 1. The van der Waals surface area contributed by atoms with E-state index < -0.39 is 25.3 Å². The van der Waals surface area contributed by atoms with Crippen LogP contribution in [0.15, 0.2) is 45.9 Å². The Morgan fingerprint density at radius 1 is 1.16 bits per heavy atom. The molecule has 4 aromatic rings. The molecule has 0 amide bonds. The van der Waals surface area contributed by atoms with Crippen molar-refractivity contribution in [3.63, 3.8) is 0 Å². The largest absolute Gasteiger partial charge is 0.378 e. The van der Waals surface area contributed by atoms with Crippen LogP contribution in [0.25, 0.3) is 28.2 Å². The quantitative estimate of drug-likeness (QED) is 0.253. The number of aromatic amines is 1. The Labute approximate surface area is 259 Å². The Morgan fingerprint density at radius 3 is 2.63 bits per heavy atom. The van der Waals surface area contributed by atoms with Crippen LogP contribution in [-0.2, 0) is 24.6 Å². The van der Waals surface area contributed by atoms with E-state index >= 15 is 0 Å². The molecule has 230 valence electrons. The highest BCUT2D eigenvalue weighted by atomic mass is 79.9. The Bertz CT molecular complexity index is 1880. The molecule has 2 fully saturated rings. The molecule has 2 aliphatic heterocycles. The van der Waals surface area contributed by atoms with E-state index in [1.807, 2.05) is 19.9 Å². The van der Waals surface area contributed by atoms with Crippen molar-refractivity contribution < 1.29 is 21.6 Å². The molecule has 3 N–H and O–H groups in total. The topological polar surface area (TPSA) is 151 Å². The van der Waals surface area contributed by atoms with Gasteiger partial charge in [-0.05, 0) is 73.5 Å². The Morgan fingerprint density at radius 2 is 1.93 bits per heavy atom. The molecule has 2 aliphatic rings. The van der Waals surface area contributed by atoms with Crippen LogP contribution in [0.3, 0.4) is 0 Å². The second-order valence-electron chi connectivity index (χ2n) is 10.8. The summed E-state index contributed by atoms with van der Waals surface area (Å²) < 4.78 is 60.6. The molecule has 3 aromatic heterocycles. The second kappa shape index (κ2) is 11.6. The van der Waals surface area contributed by atoms with E-state index in [-0.39, 0.29) is 23.2 Å². The molecule has 1 unspecified atom stereocenters. The van der Waals surface area contributed by atoms with E-state index in [2.05, 4.69) is 41.1 Å². The highest BCUT2D eigenvalue weighted by molar-refractivity contribution is 9.10. The van der Waals surface area contributed by atoms with E-state index in [0.29, 0.717) is 49.7 Å². The van der Waals surface area contributed by atoms with Crippen molar-refractivity contribution in [2.75, 3.05) is 43.9 Å². The van der Waals surface area contributed by atoms with Gasteiger partial charge in [0.1, 0.15) is 11.3 Å². The molecule has 0 saturated carbocycles. The summed E-state index contributed by atoms with van der Waals surface area (Å²) >= 11 is 3.60. The van der Waals surface area contributed by atoms with Crippen LogP contribution < -0.4 is 10.6 Å². The number of halogens is 1. The third-order valence-corrected chi connectivity index (χ3v) is 12.4. The van der Waals surface area contributed by atoms with Gasteiger partial charge in [0, 0.05) is 61.1 Å². The van der Waals surface area contributed by atoms with Gasteiger partial charge < -0.3 is 24.9 Å². The summed E-state index contributed by atoms with van der Waals surface area (Å²) in [6.45, 7) is 7.79. The zero-order valence-corrected chi connectivity index (χ0v) is 27.3. The predicted octanol–water partition coefficient (Wildman–Crippen LogP) is 3.35. The summed E-state index contributed by atoms with van der Waals surface area (Å²) in [5.74, 6) is 0.728. The number of morpholine rings is 1. The average Bonchev–Trinajstić information content (AvgIpc) is 3.73. The van der Waals surface area contributed by atoms with Crippen molar-refractivity contribution in [2.45, 2.75) is 43.6 Å². The Balaban J connectivity index is 1.28. The number of benzene rings is 1. The zero-order valence-electron chi connectivity index (χ0n) is 24.1. The fourth-order valence-corrected chi connectivity index (χ4v) is 8.75. The number of hydrogen-bond donors (Lipinski definition) is 3. The van der Waals surface area contributed by atoms with Crippen LogP contribution in [0.4, 0.5) is 5.69 Å². The van der Waals surface area contributed by atoms with E-state index in [0.717, 1.165) is 32.8 Å². The molecule has 5 heterocycles. The Kier molecular flexibility index (Phi) is 8.15. The summed E-state index contributed by atoms with van der Waals surface area (Å²) in [5, 5.41) is 6.57. The molecule has 0 radical (unpaired) electrons. The zero-order chi connectivity index (χ0) is 30.5. The lowest BCUT2D eigenvalue weighted by Gasteiger charge is -2.23. The number of H-pyrrole nitrogens is 1. The van der Waals surface area contributed by atoms with Gasteiger partial charge in [0.15, 0.2) is 11.1 Å². The minimum absolute atomic E-state index is 0.0545. The molecule has 0 spiro atoms. The number of pyridine rings is 1. The lowest BCUT2D eigenvalue weighted by molar-refractivity contribution is 0.0785. The van der Waals surface area contributed by atoms with Crippen LogP contribution in [0.5, 0.6) is 0 Å². The van der Waals surface area contributed by atoms with Crippen molar-refractivity contribution in [2.24, 2.45) is 0 Å². The lowest BCUT2D eigenvalue weighted by atomic mass is 10.2. The fourth-order valence-electron chi connectivity index (χ4n) is 5.76. The van der Waals surface area contributed by atoms with Crippen LogP contribution in [0.2, 0.25) is 0 Å². The molecule has 43 heavy (non-hydrogen) atoms. The number of ether oxygens (including phenoxy) is 1. The average molecular weight is 693 g/mol. The predicted molar refractivity (Wildman–Crippen MR) is 169 cm³/mol. The van der Waals surface area contributed by atoms with Gasteiger partial charge in [0.2, 0.25) is 19.9 Å². The molecule has 1 aromatic carbocycles. The minimum atomic E-state index is -3.62. The normalized spacial score (nSPS) is 20.2. The van der Waals surface area contributed by atoms with Crippen molar-refractivity contribution in [3.05, 3.63) is 52.4 Å². The van der Waals surface area contributed by atoms with Gasteiger partial charge >= 0.3 is 0 Å². The van der Waals surface area contributed by atoms with Gasteiger partial charge in [0.05, 0.1) is 27.4 Å². The first-order valence-electron chi connectivity index (χ1n) is 14.1. The summed E-state index contributed by atoms with van der Waals surface area (Å²) in [6, 6.07) is 8.83. The fraction of sp³-hybridized carbons (Fsp3) is 0.429. The number of hydrogen-bond acceptors (Lipinski definition) is 9. The van der Waals surface area contributed by atoms with E-state index in [1.165, 1.54) is 4.31 Å². The number of imidazole rings is 1. The van der Waals surface area contributed by atoms with Crippen LogP contribution >= 0.6 is 15.9 Å². The number of anilines is 1. The maximum Gasteiger partial charge on any atom is 0.213 e. The summed E-state index contributed by atoms with van der Waals surface area (Å²) in [7, 11) is -6.87. The standard InChI is InChI=1S/C28H34BrN7O5S2/c1-4-42(37,38)35-11-9-19(16-35)32-25-23(29)14-31-28-26(25)33-27(34-28)22-13-17(2)36(18(22)3)20-5-7-21(8-6-20)43(39,40)24-15-30-10-12-41-24/h5-8,13-14,19,24,30H,4,9-12,15-16H2,1-3H3,(H2,31,32,33,34)/t19-,24?/m0/s1. The number of fused-ring (bicyclic) bond motifs is 1. The molecule has 6 rings (SSSR count). The van der Waals surface area contributed by atoms with Gasteiger partial charge in [-0.3, -0.25) is 0 Å². The first-order valence-corrected chi connectivity index (χ1v) is 18.1. The monoisotopic (exact) mass is 691 g/mol. The molecule has 15 heteroatoms. The number of rotatable bonds is 8. The van der Waals surface area contributed by atoms with Crippen molar-refractivity contribution in [1.82, 2.24) is 29.1 Å². The number of nitrogens with one attached hydrogen (secondary N) is 3. The highest BCUT2D eigenvalue weighted by Gasteiger charge is 2.32. The lowest BCUT2D eigenvalue weighted by Crippen LogP contribution is -2.43. The van der Waals surface area contributed by atoms with Crippen LogP contribution in [0, 0.1) is 13.8 Å². The van der Waals surface area contributed by atoms with Gasteiger partial charge in [-0.25, -0.2) is 26.8 Å². The van der Waals surface area contributed by atoms with Gasteiger partial charge in [0.25, 0.3) is 0 Å². The van der Waals surface area contributed by atoms with Crippen LogP contribution in [-0.4, -0.2) is 90.7 Å². The third-order valence-electron chi connectivity index (χ3n) is 8.07. The highest BCUT2D eigenvalue weighted by Crippen LogP contribution is 2.35. The molecule has 2 atom stereocenters. The van der Waals surface area contributed by atoms with Gasteiger partial charge in [-0.2, -0.15) is 4.31 Å².